The lowest BCUT2D eigenvalue weighted by Crippen LogP contribution is -2.27. The summed E-state index contributed by atoms with van der Waals surface area (Å²) in [5.41, 5.74) is 6.83. The van der Waals surface area contributed by atoms with Gasteiger partial charge in [0.1, 0.15) is 11.4 Å². The van der Waals surface area contributed by atoms with E-state index in [1.54, 1.807) is 0 Å². The van der Waals surface area contributed by atoms with Crippen LogP contribution in [0.4, 0.5) is 0 Å². The standard InChI is InChI=1S/C13H20BrNO/c1-5-13(3,4)16-12-7-6-10(14)8-11(12)9(2)15/h6-9H,5,15H2,1-4H3. The van der Waals surface area contributed by atoms with Gasteiger partial charge in [-0.15, -0.1) is 0 Å². The van der Waals surface area contributed by atoms with Crippen LogP contribution >= 0.6 is 15.9 Å². The van der Waals surface area contributed by atoms with E-state index in [0.29, 0.717) is 0 Å². The Morgan fingerprint density at radius 2 is 2.06 bits per heavy atom. The van der Waals surface area contributed by atoms with Gasteiger partial charge in [0.25, 0.3) is 0 Å². The second kappa shape index (κ2) is 5.19. The van der Waals surface area contributed by atoms with Crippen LogP contribution in [0.15, 0.2) is 22.7 Å². The molecule has 0 fully saturated rings. The molecule has 2 N–H and O–H groups in total. The lowest BCUT2D eigenvalue weighted by molar-refractivity contribution is 0.103. The first-order valence-corrected chi connectivity index (χ1v) is 6.39. The van der Waals surface area contributed by atoms with Crippen LogP contribution in [-0.2, 0) is 0 Å². The maximum absolute atomic E-state index is 6.00. The predicted octanol–water partition coefficient (Wildman–Crippen LogP) is 4.04. The maximum atomic E-state index is 6.00. The molecule has 1 aromatic rings. The molecule has 0 aliphatic carbocycles. The number of ether oxygens (including phenoxy) is 1. The van der Waals surface area contributed by atoms with E-state index >= 15 is 0 Å². The summed E-state index contributed by atoms with van der Waals surface area (Å²) >= 11 is 3.45. The Kier molecular flexibility index (Phi) is 4.39. The highest BCUT2D eigenvalue weighted by Gasteiger charge is 2.19. The fourth-order valence-electron chi connectivity index (χ4n) is 1.34. The van der Waals surface area contributed by atoms with Crippen molar-refractivity contribution in [2.45, 2.75) is 45.8 Å². The van der Waals surface area contributed by atoms with Gasteiger partial charge in [-0.3, -0.25) is 0 Å². The highest BCUT2D eigenvalue weighted by Crippen LogP contribution is 2.30. The van der Waals surface area contributed by atoms with Gasteiger partial charge < -0.3 is 10.5 Å². The Balaban J connectivity index is 3.04. The molecule has 0 aromatic heterocycles. The van der Waals surface area contributed by atoms with Crippen molar-refractivity contribution in [3.05, 3.63) is 28.2 Å². The van der Waals surface area contributed by atoms with Gasteiger partial charge in [0.15, 0.2) is 0 Å². The van der Waals surface area contributed by atoms with E-state index < -0.39 is 0 Å². The fraction of sp³-hybridized carbons (Fsp3) is 0.538. The van der Waals surface area contributed by atoms with Crippen LogP contribution < -0.4 is 10.5 Å². The molecule has 0 radical (unpaired) electrons. The van der Waals surface area contributed by atoms with Crippen LogP contribution in [-0.4, -0.2) is 5.60 Å². The monoisotopic (exact) mass is 285 g/mol. The van der Waals surface area contributed by atoms with E-state index in [2.05, 4.69) is 36.7 Å². The molecule has 16 heavy (non-hydrogen) atoms. The van der Waals surface area contributed by atoms with Crippen molar-refractivity contribution in [3.8, 4) is 5.75 Å². The summed E-state index contributed by atoms with van der Waals surface area (Å²) < 4.78 is 7.03. The van der Waals surface area contributed by atoms with Gasteiger partial charge in [-0.2, -0.15) is 0 Å². The minimum Gasteiger partial charge on any atom is -0.488 e. The predicted molar refractivity (Wildman–Crippen MR) is 71.7 cm³/mol. The van der Waals surface area contributed by atoms with Gasteiger partial charge in [0.05, 0.1) is 0 Å². The smallest absolute Gasteiger partial charge is 0.124 e. The lowest BCUT2D eigenvalue weighted by Gasteiger charge is -2.27. The van der Waals surface area contributed by atoms with Crippen molar-refractivity contribution in [1.29, 1.82) is 0 Å². The first-order chi connectivity index (χ1) is 7.35. The highest BCUT2D eigenvalue weighted by molar-refractivity contribution is 9.10. The summed E-state index contributed by atoms with van der Waals surface area (Å²) in [6.45, 7) is 8.25. The molecule has 0 bridgehead atoms. The van der Waals surface area contributed by atoms with Gasteiger partial charge in [-0.25, -0.2) is 0 Å². The molecule has 0 amide bonds. The second-order valence-corrected chi connectivity index (χ2v) is 5.60. The second-order valence-electron chi connectivity index (χ2n) is 4.69. The molecule has 0 spiro atoms. The van der Waals surface area contributed by atoms with Crippen LogP contribution in [0.25, 0.3) is 0 Å². The number of halogens is 1. The summed E-state index contributed by atoms with van der Waals surface area (Å²) in [4.78, 5) is 0. The fourth-order valence-corrected chi connectivity index (χ4v) is 1.72. The minimum atomic E-state index is -0.155. The third kappa shape index (κ3) is 3.49. The number of rotatable bonds is 4. The van der Waals surface area contributed by atoms with Gasteiger partial charge in [-0.1, -0.05) is 22.9 Å². The van der Waals surface area contributed by atoms with E-state index in [-0.39, 0.29) is 11.6 Å². The van der Waals surface area contributed by atoms with Crippen molar-refractivity contribution in [2.75, 3.05) is 0 Å². The topological polar surface area (TPSA) is 35.2 Å². The largest absolute Gasteiger partial charge is 0.488 e. The number of nitrogens with two attached hydrogens (primary N) is 1. The zero-order valence-electron chi connectivity index (χ0n) is 10.4. The van der Waals surface area contributed by atoms with Crippen LogP contribution in [0.2, 0.25) is 0 Å². The number of benzene rings is 1. The van der Waals surface area contributed by atoms with Gasteiger partial charge in [0, 0.05) is 16.1 Å². The molecular formula is C13H20BrNO. The molecular weight excluding hydrogens is 266 g/mol. The zero-order chi connectivity index (χ0) is 12.3. The maximum Gasteiger partial charge on any atom is 0.124 e. The van der Waals surface area contributed by atoms with Crippen molar-refractivity contribution in [1.82, 2.24) is 0 Å². The zero-order valence-corrected chi connectivity index (χ0v) is 12.0. The molecule has 1 rings (SSSR count). The summed E-state index contributed by atoms with van der Waals surface area (Å²) in [5, 5.41) is 0. The van der Waals surface area contributed by atoms with Crippen molar-refractivity contribution in [2.24, 2.45) is 5.73 Å². The minimum absolute atomic E-state index is 0.0276. The molecule has 0 saturated heterocycles. The van der Waals surface area contributed by atoms with Gasteiger partial charge in [0.2, 0.25) is 0 Å². The number of hydrogen-bond donors (Lipinski definition) is 1. The summed E-state index contributed by atoms with van der Waals surface area (Å²) in [6.07, 6.45) is 0.960. The molecule has 0 aliphatic rings. The third-order valence-electron chi connectivity index (χ3n) is 2.70. The van der Waals surface area contributed by atoms with Crippen molar-refractivity contribution in [3.63, 3.8) is 0 Å². The van der Waals surface area contributed by atoms with E-state index in [0.717, 1.165) is 22.2 Å². The molecule has 0 aliphatic heterocycles. The average Bonchev–Trinajstić information content (AvgIpc) is 2.20. The molecule has 90 valence electrons. The summed E-state index contributed by atoms with van der Waals surface area (Å²) in [5.74, 6) is 0.880. The van der Waals surface area contributed by atoms with E-state index in [4.69, 9.17) is 10.5 Å². The Hall–Kier alpha value is -0.540. The third-order valence-corrected chi connectivity index (χ3v) is 3.19. The summed E-state index contributed by atoms with van der Waals surface area (Å²) in [7, 11) is 0. The quantitative estimate of drug-likeness (QED) is 0.906. The van der Waals surface area contributed by atoms with E-state index in [1.807, 2.05) is 25.1 Å². The first-order valence-electron chi connectivity index (χ1n) is 5.60. The van der Waals surface area contributed by atoms with Crippen LogP contribution in [0.3, 0.4) is 0 Å². The average molecular weight is 286 g/mol. The highest BCUT2D eigenvalue weighted by atomic mass is 79.9. The van der Waals surface area contributed by atoms with Crippen molar-refractivity contribution < 1.29 is 4.74 Å². The molecule has 0 heterocycles. The first kappa shape index (κ1) is 13.5. The summed E-state index contributed by atoms with van der Waals surface area (Å²) in [6, 6.07) is 5.94. The Morgan fingerprint density at radius 3 is 2.56 bits per heavy atom. The molecule has 1 unspecified atom stereocenters. The van der Waals surface area contributed by atoms with E-state index in [9.17, 15) is 0 Å². The molecule has 2 nitrogen and oxygen atoms in total. The van der Waals surface area contributed by atoms with Crippen LogP contribution in [0, 0.1) is 0 Å². The SMILES string of the molecule is CCC(C)(C)Oc1ccc(Br)cc1C(C)N. The Labute approximate surface area is 106 Å². The Bertz CT molecular complexity index is 361. The number of hydrogen-bond acceptors (Lipinski definition) is 2. The molecule has 3 heteroatoms. The van der Waals surface area contributed by atoms with Gasteiger partial charge in [-0.05, 0) is 45.4 Å². The molecule has 1 aromatic carbocycles. The van der Waals surface area contributed by atoms with Crippen LogP contribution in [0.5, 0.6) is 5.75 Å². The normalized spacial score (nSPS) is 13.6. The van der Waals surface area contributed by atoms with Crippen molar-refractivity contribution >= 4 is 15.9 Å². The molecule has 0 saturated carbocycles. The molecule has 1 atom stereocenters. The van der Waals surface area contributed by atoms with E-state index in [1.165, 1.54) is 0 Å². The lowest BCUT2D eigenvalue weighted by atomic mass is 10.0. The Morgan fingerprint density at radius 1 is 1.44 bits per heavy atom. The van der Waals surface area contributed by atoms with Crippen LogP contribution in [0.1, 0.15) is 45.7 Å². The van der Waals surface area contributed by atoms with Gasteiger partial charge >= 0.3 is 0 Å².